The molecule has 4 nitrogen and oxygen atoms in total. The van der Waals surface area contributed by atoms with E-state index in [9.17, 15) is 4.79 Å². The lowest BCUT2D eigenvalue weighted by Gasteiger charge is -2.24. The van der Waals surface area contributed by atoms with Crippen LogP contribution in [0.5, 0.6) is 0 Å². The molecule has 1 unspecified atom stereocenters. The number of pyridine rings is 1. The fraction of sp³-hybridized carbons (Fsp3) is 0.455. The zero-order valence-electron chi connectivity index (χ0n) is 10.1. The highest BCUT2D eigenvalue weighted by atomic mass is 79.9. The average Bonchev–Trinajstić information content (AvgIpc) is 2.30. The second-order valence-corrected chi connectivity index (χ2v) is 5.63. The maximum atomic E-state index is 12.2. The van der Waals surface area contributed by atoms with Gasteiger partial charge in [0.05, 0.1) is 5.56 Å². The number of aromatic nitrogens is 1. The van der Waals surface area contributed by atoms with Crippen LogP contribution in [0.3, 0.4) is 0 Å². The minimum atomic E-state index is -0.0992. The van der Waals surface area contributed by atoms with Crippen LogP contribution in [0.1, 0.15) is 17.3 Å². The molecule has 0 fully saturated rings. The van der Waals surface area contributed by atoms with E-state index < -0.39 is 0 Å². The third-order valence-corrected chi connectivity index (χ3v) is 3.75. The third kappa shape index (κ3) is 3.61. The number of nitrogens with zero attached hydrogens (tertiary/aromatic N) is 2. The van der Waals surface area contributed by atoms with Gasteiger partial charge in [-0.3, -0.25) is 4.79 Å². The molecular formula is C11H16BrN3OS. The Balaban J connectivity index is 2.92. The molecule has 0 aliphatic carbocycles. The largest absolute Gasteiger partial charge is 0.383 e. The first-order chi connectivity index (χ1) is 7.97. The molecule has 1 rings (SSSR count). The second-order valence-electron chi connectivity index (χ2n) is 3.81. The number of carbonyl (C=O) groups excluding carboxylic acids is 1. The molecule has 1 atom stereocenters. The summed E-state index contributed by atoms with van der Waals surface area (Å²) in [7, 11) is 1.78. The summed E-state index contributed by atoms with van der Waals surface area (Å²) in [6, 6.07) is 1.86. The van der Waals surface area contributed by atoms with E-state index in [-0.39, 0.29) is 17.8 Å². The van der Waals surface area contributed by atoms with Crippen LogP contribution in [0, 0.1) is 0 Å². The first-order valence-corrected chi connectivity index (χ1v) is 7.33. The van der Waals surface area contributed by atoms with E-state index in [0.717, 1.165) is 10.2 Å². The van der Waals surface area contributed by atoms with Gasteiger partial charge in [-0.25, -0.2) is 4.98 Å². The number of nitrogen functional groups attached to an aromatic ring is 1. The van der Waals surface area contributed by atoms with Gasteiger partial charge in [-0.1, -0.05) is 0 Å². The standard InChI is InChI=1S/C11H16BrN3OS/c1-7(6-17-3)15(2)11(16)9-4-8(12)5-14-10(9)13/h4-5,7H,6H2,1-3H3,(H2,13,14). The predicted molar refractivity (Wildman–Crippen MR) is 76.3 cm³/mol. The molecule has 0 bridgehead atoms. The van der Waals surface area contributed by atoms with Gasteiger partial charge >= 0.3 is 0 Å². The summed E-state index contributed by atoms with van der Waals surface area (Å²) in [5.74, 6) is 1.06. The molecule has 0 aromatic carbocycles. The zero-order chi connectivity index (χ0) is 13.0. The topological polar surface area (TPSA) is 59.2 Å². The van der Waals surface area contributed by atoms with Gasteiger partial charge in [0.25, 0.3) is 5.91 Å². The highest BCUT2D eigenvalue weighted by Crippen LogP contribution is 2.18. The van der Waals surface area contributed by atoms with E-state index in [4.69, 9.17) is 5.73 Å². The summed E-state index contributed by atoms with van der Waals surface area (Å²) >= 11 is 5.00. The van der Waals surface area contributed by atoms with Crippen molar-refractivity contribution in [3.8, 4) is 0 Å². The number of amides is 1. The lowest BCUT2D eigenvalue weighted by Crippen LogP contribution is -2.37. The van der Waals surface area contributed by atoms with E-state index in [2.05, 4.69) is 20.9 Å². The molecule has 6 heteroatoms. The van der Waals surface area contributed by atoms with Crippen LogP contribution in [0.4, 0.5) is 5.82 Å². The molecule has 94 valence electrons. The Bertz CT molecular complexity index is 414. The van der Waals surface area contributed by atoms with Gasteiger partial charge in [-0.2, -0.15) is 11.8 Å². The molecule has 0 radical (unpaired) electrons. The van der Waals surface area contributed by atoms with Crippen molar-refractivity contribution in [3.63, 3.8) is 0 Å². The number of nitrogens with two attached hydrogens (primary N) is 1. The molecule has 0 aliphatic heterocycles. The summed E-state index contributed by atoms with van der Waals surface area (Å²) in [5.41, 5.74) is 6.16. The monoisotopic (exact) mass is 317 g/mol. The average molecular weight is 318 g/mol. The smallest absolute Gasteiger partial charge is 0.257 e. The number of hydrogen-bond acceptors (Lipinski definition) is 4. The van der Waals surface area contributed by atoms with Crippen LogP contribution in [-0.2, 0) is 0 Å². The molecule has 1 aromatic heterocycles. The minimum absolute atomic E-state index is 0.0992. The van der Waals surface area contributed by atoms with Crippen molar-refractivity contribution in [1.29, 1.82) is 0 Å². The van der Waals surface area contributed by atoms with Crippen molar-refractivity contribution < 1.29 is 4.79 Å². The molecule has 0 aliphatic rings. The fourth-order valence-electron chi connectivity index (χ4n) is 1.36. The fourth-order valence-corrected chi connectivity index (χ4v) is 2.40. The maximum absolute atomic E-state index is 12.2. The van der Waals surface area contributed by atoms with E-state index in [0.29, 0.717) is 5.56 Å². The quantitative estimate of drug-likeness (QED) is 0.925. The highest BCUT2D eigenvalue weighted by Gasteiger charge is 2.19. The van der Waals surface area contributed by atoms with Gasteiger partial charge in [-0.15, -0.1) is 0 Å². The number of rotatable bonds is 4. The molecule has 0 spiro atoms. The molecule has 1 aromatic rings. The van der Waals surface area contributed by atoms with Crippen molar-refractivity contribution in [2.24, 2.45) is 0 Å². The lowest BCUT2D eigenvalue weighted by molar-refractivity contribution is 0.0758. The van der Waals surface area contributed by atoms with Gasteiger partial charge < -0.3 is 10.6 Å². The number of halogens is 1. The van der Waals surface area contributed by atoms with Crippen LogP contribution < -0.4 is 5.73 Å². The van der Waals surface area contributed by atoms with Crippen molar-refractivity contribution in [3.05, 3.63) is 22.3 Å². The Kier molecular flexibility index (Phi) is 5.27. The maximum Gasteiger partial charge on any atom is 0.257 e. The van der Waals surface area contributed by atoms with Gasteiger partial charge in [0.1, 0.15) is 5.82 Å². The van der Waals surface area contributed by atoms with E-state index in [1.807, 2.05) is 13.2 Å². The molecule has 17 heavy (non-hydrogen) atoms. The molecule has 0 saturated heterocycles. The summed E-state index contributed by atoms with van der Waals surface area (Å²) < 4.78 is 0.751. The van der Waals surface area contributed by atoms with Crippen molar-refractivity contribution in [1.82, 2.24) is 9.88 Å². The lowest BCUT2D eigenvalue weighted by atomic mass is 10.2. The molecule has 1 amide bonds. The second kappa shape index (κ2) is 6.26. The van der Waals surface area contributed by atoms with Crippen LogP contribution in [0.25, 0.3) is 0 Å². The number of thioether (sulfide) groups is 1. The van der Waals surface area contributed by atoms with Crippen molar-refractivity contribution in [2.75, 3.05) is 24.8 Å². The van der Waals surface area contributed by atoms with Gasteiger partial charge in [-0.05, 0) is 35.2 Å². The SMILES string of the molecule is CSCC(C)N(C)C(=O)c1cc(Br)cnc1N. The Morgan fingerprint density at radius 3 is 2.94 bits per heavy atom. The van der Waals surface area contributed by atoms with E-state index >= 15 is 0 Å². The van der Waals surface area contributed by atoms with Crippen LogP contribution >= 0.6 is 27.7 Å². The number of hydrogen-bond donors (Lipinski definition) is 1. The van der Waals surface area contributed by atoms with E-state index in [1.54, 1.807) is 36.0 Å². The summed E-state index contributed by atoms with van der Waals surface area (Å²) in [6.45, 7) is 2.01. The Labute approximate surface area is 114 Å². The zero-order valence-corrected chi connectivity index (χ0v) is 12.5. The Morgan fingerprint density at radius 2 is 2.35 bits per heavy atom. The third-order valence-electron chi connectivity index (χ3n) is 2.50. The van der Waals surface area contributed by atoms with Gasteiger partial charge in [0, 0.05) is 29.5 Å². The van der Waals surface area contributed by atoms with Crippen molar-refractivity contribution >= 4 is 39.4 Å². The number of anilines is 1. The Hall–Kier alpha value is -0.750. The van der Waals surface area contributed by atoms with Crippen LogP contribution in [0.2, 0.25) is 0 Å². The normalized spacial score (nSPS) is 12.2. The van der Waals surface area contributed by atoms with Crippen LogP contribution in [0.15, 0.2) is 16.7 Å². The molecule has 2 N–H and O–H groups in total. The Morgan fingerprint density at radius 1 is 1.71 bits per heavy atom. The first-order valence-electron chi connectivity index (χ1n) is 5.14. The minimum Gasteiger partial charge on any atom is -0.383 e. The highest BCUT2D eigenvalue weighted by molar-refractivity contribution is 9.10. The van der Waals surface area contributed by atoms with Gasteiger partial charge in [0.15, 0.2) is 0 Å². The van der Waals surface area contributed by atoms with Crippen molar-refractivity contribution in [2.45, 2.75) is 13.0 Å². The summed E-state index contributed by atoms with van der Waals surface area (Å²) in [6.07, 6.45) is 3.60. The van der Waals surface area contributed by atoms with Crippen LogP contribution in [-0.4, -0.2) is 40.9 Å². The molecule has 1 heterocycles. The summed E-state index contributed by atoms with van der Waals surface area (Å²) in [5, 5.41) is 0. The number of carbonyl (C=O) groups is 1. The first kappa shape index (κ1) is 14.3. The van der Waals surface area contributed by atoms with E-state index in [1.165, 1.54) is 0 Å². The predicted octanol–water partition coefficient (Wildman–Crippen LogP) is 2.25. The molecular weight excluding hydrogens is 302 g/mol. The summed E-state index contributed by atoms with van der Waals surface area (Å²) in [4.78, 5) is 17.9. The molecule has 0 saturated carbocycles. The van der Waals surface area contributed by atoms with Gasteiger partial charge in [0.2, 0.25) is 0 Å².